The van der Waals surface area contributed by atoms with Crippen molar-refractivity contribution in [3.05, 3.63) is 39.3 Å². The lowest BCUT2D eigenvalue weighted by Gasteiger charge is -2.08. The molecule has 0 aliphatic heterocycles. The number of rotatable bonds is 3. The summed E-state index contributed by atoms with van der Waals surface area (Å²) in [4.78, 5) is 20.0. The van der Waals surface area contributed by atoms with E-state index in [4.69, 9.17) is 4.98 Å². The molecule has 0 spiro atoms. The molecule has 0 aliphatic rings. The van der Waals surface area contributed by atoms with Crippen LogP contribution in [0.3, 0.4) is 0 Å². The van der Waals surface area contributed by atoms with E-state index in [-0.39, 0.29) is 11.7 Å². The Kier molecular flexibility index (Phi) is 3.68. The van der Waals surface area contributed by atoms with E-state index in [1.54, 1.807) is 11.3 Å². The van der Waals surface area contributed by atoms with Gasteiger partial charge >= 0.3 is 5.69 Å². The van der Waals surface area contributed by atoms with Gasteiger partial charge in [0, 0.05) is 17.0 Å². The number of H-pyrrole nitrogens is 1. The molecule has 0 unspecified atom stereocenters. The standard InChI is InChI=1S/C17H21N3OS/c1-9(2)13-8-22-16(18-13)12-6-11(5)7-14-15(12)19-17(21)20(14)10(3)4/h6-10H,1-5H3,(H,19,21). The molecule has 1 aromatic carbocycles. The summed E-state index contributed by atoms with van der Waals surface area (Å²) in [5.74, 6) is 0.407. The monoisotopic (exact) mass is 315 g/mol. The van der Waals surface area contributed by atoms with Gasteiger partial charge in [-0.2, -0.15) is 0 Å². The molecule has 0 saturated carbocycles. The third kappa shape index (κ3) is 2.39. The van der Waals surface area contributed by atoms with Crippen molar-refractivity contribution < 1.29 is 0 Å². The van der Waals surface area contributed by atoms with E-state index in [0.717, 1.165) is 32.9 Å². The fourth-order valence-corrected chi connectivity index (χ4v) is 3.72. The summed E-state index contributed by atoms with van der Waals surface area (Å²) in [5.41, 5.74) is 5.03. The molecule has 116 valence electrons. The predicted molar refractivity (Wildman–Crippen MR) is 92.9 cm³/mol. The molecule has 0 saturated heterocycles. The Morgan fingerprint density at radius 2 is 1.95 bits per heavy atom. The van der Waals surface area contributed by atoms with Gasteiger partial charge in [-0.3, -0.25) is 4.57 Å². The Morgan fingerprint density at radius 1 is 1.23 bits per heavy atom. The minimum absolute atomic E-state index is 0.0579. The summed E-state index contributed by atoms with van der Waals surface area (Å²) < 4.78 is 1.81. The van der Waals surface area contributed by atoms with E-state index in [1.165, 1.54) is 0 Å². The van der Waals surface area contributed by atoms with Crippen LogP contribution in [0.4, 0.5) is 0 Å². The van der Waals surface area contributed by atoms with Gasteiger partial charge < -0.3 is 4.98 Å². The normalized spacial score (nSPS) is 12.0. The second-order valence-corrected chi connectivity index (χ2v) is 7.19. The van der Waals surface area contributed by atoms with Crippen LogP contribution in [0.2, 0.25) is 0 Å². The maximum atomic E-state index is 12.3. The van der Waals surface area contributed by atoms with Crippen molar-refractivity contribution in [3.8, 4) is 10.6 Å². The Morgan fingerprint density at radius 3 is 2.55 bits per heavy atom. The first-order chi connectivity index (χ1) is 10.4. The number of aromatic amines is 1. The van der Waals surface area contributed by atoms with Crippen molar-refractivity contribution in [2.75, 3.05) is 0 Å². The average Bonchev–Trinajstić information content (AvgIpc) is 3.01. The number of benzene rings is 1. The number of imidazole rings is 1. The zero-order valence-electron chi connectivity index (χ0n) is 13.6. The second-order valence-electron chi connectivity index (χ2n) is 6.33. The molecule has 0 radical (unpaired) electrons. The Hall–Kier alpha value is -1.88. The molecule has 0 amide bonds. The largest absolute Gasteiger partial charge is 0.326 e. The first-order valence-corrected chi connectivity index (χ1v) is 8.47. The fraction of sp³-hybridized carbons (Fsp3) is 0.412. The van der Waals surface area contributed by atoms with Gasteiger partial charge in [0.05, 0.1) is 16.7 Å². The van der Waals surface area contributed by atoms with Gasteiger partial charge in [-0.1, -0.05) is 13.8 Å². The van der Waals surface area contributed by atoms with Gasteiger partial charge in [0.1, 0.15) is 5.01 Å². The molecule has 1 N–H and O–H groups in total. The average molecular weight is 315 g/mol. The van der Waals surface area contributed by atoms with Gasteiger partial charge in [0.2, 0.25) is 0 Å². The van der Waals surface area contributed by atoms with Crippen LogP contribution in [-0.4, -0.2) is 14.5 Å². The quantitative estimate of drug-likeness (QED) is 0.775. The molecular weight excluding hydrogens is 294 g/mol. The SMILES string of the molecule is Cc1cc(-c2nc(C(C)C)cs2)c2[nH]c(=O)n(C(C)C)c2c1. The van der Waals surface area contributed by atoms with Crippen molar-refractivity contribution >= 4 is 22.4 Å². The lowest BCUT2D eigenvalue weighted by atomic mass is 10.1. The van der Waals surface area contributed by atoms with Crippen LogP contribution in [-0.2, 0) is 0 Å². The summed E-state index contributed by atoms with van der Waals surface area (Å²) in [7, 11) is 0. The highest BCUT2D eigenvalue weighted by atomic mass is 32.1. The maximum absolute atomic E-state index is 12.3. The molecule has 0 aliphatic carbocycles. The lowest BCUT2D eigenvalue weighted by molar-refractivity contribution is 0.598. The highest BCUT2D eigenvalue weighted by Gasteiger charge is 2.17. The summed E-state index contributed by atoms with van der Waals surface area (Å²) in [6.45, 7) is 10.4. The number of nitrogens with zero attached hydrogens (tertiary/aromatic N) is 2. The van der Waals surface area contributed by atoms with Crippen LogP contribution in [0.1, 0.15) is 50.9 Å². The van der Waals surface area contributed by atoms with Crippen LogP contribution >= 0.6 is 11.3 Å². The van der Waals surface area contributed by atoms with E-state index in [9.17, 15) is 4.79 Å². The molecule has 5 heteroatoms. The Bertz CT molecular complexity index is 883. The van der Waals surface area contributed by atoms with E-state index >= 15 is 0 Å². The highest BCUT2D eigenvalue weighted by Crippen LogP contribution is 2.32. The third-order valence-corrected chi connectivity index (χ3v) is 4.73. The van der Waals surface area contributed by atoms with Crippen LogP contribution in [0.25, 0.3) is 21.6 Å². The Balaban J connectivity index is 2.29. The van der Waals surface area contributed by atoms with E-state index < -0.39 is 0 Å². The molecule has 2 heterocycles. The van der Waals surface area contributed by atoms with Crippen molar-refractivity contribution in [2.24, 2.45) is 0 Å². The second kappa shape index (κ2) is 5.39. The number of thiazole rings is 1. The number of nitrogens with one attached hydrogen (secondary N) is 1. The van der Waals surface area contributed by atoms with Gasteiger partial charge in [-0.15, -0.1) is 11.3 Å². The van der Waals surface area contributed by atoms with Crippen LogP contribution in [0, 0.1) is 6.92 Å². The molecule has 2 aromatic heterocycles. The Labute approximate surface area is 133 Å². The molecule has 3 aromatic rings. The fourth-order valence-electron chi connectivity index (χ4n) is 2.72. The highest BCUT2D eigenvalue weighted by molar-refractivity contribution is 7.13. The smallest absolute Gasteiger partial charge is 0.305 e. The third-order valence-electron chi connectivity index (χ3n) is 3.83. The number of hydrogen-bond donors (Lipinski definition) is 1. The topological polar surface area (TPSA) is 50.7 Å². The van der Waals surface area contributed by atoms with E-state index in [0.29, 0.717) is 5.92 Å². The summed E-state index contributed by atoms with van der Waals surface area (Å²) in [6.07, 6.45) is 0. The van der Waals surface area contributed by atoms with Crippen molar-refractivity contribution in [1.82, 2.24) is 14.5 Å². The number of hydrogen-bond acceptors (Lipinski definition) is 3. The summed E-state index contributed by atoms with van der Waals surface area (Å²) in [6, 6.07) is 4.29. The molecule has 3 rings (SSSR count). The van der Waals surface area contributed by atoms with Crippen LogP contribution < -0.4 is 5.69 Å². The zero-order valence-corrected chi connectivity index (χ0v) is 14.4. The van der Waals surface area contributed by atoms with Crippen molar-refractivity contribution in [1.29, 1.82) is 0 Å². The number of aryl methyl sites for hydroxylation is 1. The maximum Gasteiger partial charge on any atom is 0.326 e. The number of fused-ring (bicyclic) bond motifs is 1. The van der Waals surface area contributed by atoms with Crippen LogP contribution in [0.5, 0.6) is 0 Å². The molecular formula is C17H21N3OS. The van der Waals surface area contributed by atoms with Gasteiger partial charge in [-0.25, -0.2) is 9.78 Å². The lowest BCUT2D eigenvalue weighted by Crippen LogP contribution is -2.18. The molecule has 0 atom stereocenters. The van der Waals surface area contributed by atoms with Gasteiger partial charge in [-0.05, 0) is 44.4 Å². The first kappa shape index (κ1) is 15.0. The minimum atomic E-state index is -0.0579. The van der Waals surface area contributed by atoms with E-state index in [1.807, 2.05) is 18.4 Å². The molecule has 4 nitrogen and oxygen atoms in total. The van der Waals surface area contributed by atoms with Crippen molar-refractivity contribution in [2.45, 2.75) is 46.6 Å². The predicted octanol–water partition coefficient (Wildman–Crippen LogP) is 4.47. The van der Waals surface area contributed by atoms with E-state index in [2.05, 4.69) is 43.3 Å². The number of aromatic nitrogens is 3. The molecule has 22 heavy (non-hydrogen) atoms. The zero-order chi connectivity index (χ0) is 16.0. The molecule has 0 bridgehead atoms. The summed E-state index contributed by atoms with van der Waals surface area (Å²) in [5, 5.41) is 3.07. The minimum Gasteiger partial charge on any atom is -0.305 e. The van der Waals surface area contributed by atoms with Gasteiger partial charge in [0.25, 0.3) is 0 Å². The van der Waals surface area contributed by atoms with Crippen LogP contribution in [0.15, 0.2) is 22.3 Å². The molecule has 0 fully saturated rings. The van der Waals surface area contributed by atoms with Crippen molar-refractivity contribution in [3.63, 3.8) is 0 Å². The summed E-state index contributed by atoms with van der Waals surface area (Å²) >= 11 is 1.64. The first-order valence-electron chi connectivity index (χ1n) is 7.59. The van der Waals surface area contributed by atoms with Gasteiger partial charge in [0.15, 0.2) is 0 Å².